The van der Waals surface area contributed by atoms with Crippen molar-refractivity contribution in [2.24, 2.45) is 0 Å². The van der Waals surface area contributed by atoms with Crippen molar-refractivity contribution >= 4 is 23.4 Å². The molecule has 4 heteroatoms. The molecule has 1 aliphatic carbocycles. The highest BCUT2D eigenvalue weighted by molar-refractivity contribution is 8.00. The Bertz CT molecular complexity index is 496. The smallest absolute Gasteiger partial charge is 0.251 e. The molecule has 0 saturated heterocycles. The summed E-state index contributed by atoms with van der Waals surface area (Å²) in [5.41, 5.74) is 2.83. The van der Waals surface area contributed by atoms with Crippen LogP contribution in [0.5, 0.6) is 0 Å². The lowest BCUT2D eigenvalue weighted by Gasteiger charge is -2.35. The Balaban J connectivity index is 2.01. The fraction of sp³-hybridized carbons (Fsp3) is 0.588. The van der Waals surface area contributed by atoms with Crippen LogP contribution in [0.3, 0.4) is 0 Å². The maximum Gasteiger partial charge on any atom is 0.251 e. The van der Waals surface area contributed by atoms with Gasteiger partial charge in [0.25, 0.3) is 5.91 Å². The molecule has 1 saturated carbocycles. The zero-order valence-electron chi connectivity index (χ0n) is 13.3. The Kier molecular flexibility index (Phi) is 5.57. The van der Waals surface area contributed by atoms with Crippen LogP contribution in [0.4, 0.5) is 5.69 Å². The minimum absolute atomic E-state index is 0.0501. The molecule has 0 radical (unpaired) electrons. The summed E-state index contributed by atoms with van der Waals surface area (Å²) < 4.78 is 0.243. The third-order valence-corrected chi connectivity index (χ3v) is 5.95. The number of benzene rings is 1. The van der Waals surface area contributed by atoms with Crippen LogP contribution >= 0.6 is 11.8 Å². The molecule has 21 heavy (non-hydrogen) atoms. The number of anilines is 1. The average Bonchev–Trinajstić information content (AvgIpc) is 2.53. The summed E-state index contributed by atoms with van der Waals surface area (Å²) in [6, 6.07) is 5.87. The van der Waals surface area contributed by atoms with Gasteiger partial charge in [-0.15, -0.1) is 0 Å². The minimum Gasteiger partial charge on any atom is -0.388 e. The number of aryl methyl sites for hydroxylation is 1. The van der Waals surface area contributed by atoms with Crippen molar-refractivity contribution in [3.8, 4) is 0 Å². The van der Waals surface area contributed by atoms with E-state index >= 15 is 0 Å². The molecule has 0 bridgehead atoms. The Morgan fingerprint density at radius 3 is 2.57 bits per heavy atom. The lowest BCUT2D eigenvalue weighted by atomic mass is 9.88. The van der Waals surface area contributed by atoms with Crippen LogP contribution < -0.4 is 10.6 Å². The van der Waals surface area contributed by atoms with Crippen LogP contribution in [0.15, 0.2) is 18.2 Å². The Morgan fingerprint density at radius 2 is 2.00 bits per heavy atom. The van der Waals surface area contributed by atoms with Gasteiger partial charge >= 0.3 is 0 Å². The monoisotopic (exact) mass is 306 g/mol. The van der Waals surface area contributed by atoms with E-state index in [1.165, 1.54) is 32.1 Å². The summed E-state index contributed by atoms with van der Waals surface area (Å²) in [6.45, 7) is 2.76. The molecule has 0 atom stereocenters. The first-order valence-electron chi connectivity index (χ1n) is 7.72. The van der Waals surface area contributed by atoms with Gasteiger partial charge < -0.3 is 10.6 Å². The third-order valence-electron chi connectivity index (χ3n) is 4.53. The van der Waals surface area contributed by atoms with Gasteiger partial charge in [-0.2, -0.15) is 11.8 Å². The minimum atomic E-state index is 0.0501. The standard InChI is InChI=1S/C17H26N2OS/c1-13-11-14(18-2)7-8-15(13)16(20)19-12-17(21-3)9-5-4-6-10-17/h7-8,11,18H,4-6,9-10,12H2,1-3H3,(H,19,20). The molecule has 0 heterocycles. The van der Waals surface area contributed by atoms with Crippen molar-refractivity contribution < 1.29 is 4.79 Å². The Hall–Kier alpha value is -1.16. The van der Waals surface area contributed by atoms with Crippen molar-refractivity contribution in [2.75, 3.05) is 25.2 Å². The van der Waals surface area contributed by atoms with Gasteiger partial charge in [0.2, 0.25) is 0 Å². The van der Waals surface area contributed by atoms with E-state index in [9.17, 15) is 4.79 Å². The van der Waals surface area contributed by atoms with Crippen LogP contribution in [0, 0.1) is 6.92 Å². The SMILES string of the molecule is CNc1ccc(C(=O)NCC2(SC)CCCCC2)c(C)c1. The number of thioether (sulfide) groups is 1. The van der Waals surface area contributed by atoms with E-state index in [0.717, 1.165) is 23.4 Å². The Labute approximate surface area is 132 Å². The second-order valence-corrected chi connectivity index (χ2v) is 7.18. The lowest BCUT2D eigenvalue weighted by molar-refractivity contribution is 0.0946. The number of rotatable bonds is 5. The fourth-order valence-electron chi connectivity index (χ4n) is 3.06. The molecule has 1 amide bonds. The normalized spacial score (nSPS) is 17.3. The van der Waals surface area contributed by atoms with Gasteiger partial charge in [0.05, 0.1) is 0 Å². The summed E-state index contributed by atoms with van der Waals surface area (Å²) in [5.74, 6) is 0.0501. The molecule has 1 aromatic carbocycles. The average molecular weight is 306 g/mol. The largest absolute Gasteiger partial charge is 0.388 e. The third kappa shape index (κ3) is 3.94. The van der Waals surface area contributed by atoms with E-state index in [-0.39, 0.29) is 10.7 Å². The highest BCUT2D eigenvalue weighted by atomic mass is 32.2. The number of carbonyl (C=O) groups is 1. The van der Waals surface area contributed by atoms with E-state index in [2.05, 4.69) is 16.9 Å². The quantitative estimate of drug-likeness (QED) is 0.868. The van der Waals surface area contributed by atoms with Gasteiger partial charge in [-0.3, -0.25) is 4.79 Å². The summed E-state index contributed by atoms with van der Waals surface area (Å²) >= 11 is 1.92. The van der Waals surface area contributed by atoms with Gasteiger partial charge in [0.15, 0.2) is 0 Å². The molecule has 0 aromatic heterocycles. The summed E-state index contributed by atoms with van der Waals surface area (Å²) in [5, 5.41) is 6.26. The molecule has 0 unspecified atom stereocenters. The van der Waals surface area contributed by atoms with Crippen LogP contribution in [-0.2, 0) is 0 Å². The fourth-order valence-corrected chi connectivity index (χ4v) is 3.97. The zero-order valence-corrected chi connectivity index (χ0v) is 14.1. The van der Waals surface area contributed by atoms with Gasteiger partial charge in [-0.25, -0.2) is 0 Å². The first-order valence-corrected chi connectivity index (χ1v) is 8.94. The molecule has 2 rings (SSSR count). The second-order valence-electron chi connectivity index (χ2n) is 5.91. The van der Waals surface area contributed by atoms with Gasteiger partial charge in [-0.05, 0) is 49.8 Å². The van der Waals surface area contributed by atoms with E-state index < -0.39 is 0 Å². The van der Waals surface area contributed by atoms with Crippen molar-refractivity contribution in [2.45, 2.75) is 43.8 Å². The Morgan fingerprint density at radius 1 is 1.29 bits per heavy atom. The van der Waals surface area contributed by atoms with Crippen molar-refractivity contribution in [3.63, 3.8) is 0 Å². The molecular weight excluding hydrogens is 280 g/mol. The number of amides is 1. The van der Waals surface area contributed by atoms with Crippen LogP contribution in [0.1, 0.15) is 48.0 Å². The highest BCUT2D eigenvalue weighted by Gasteiger charge is 2.31. The maximum atomic E-state index is 12.4. The number of hydrogen-bond donors (Lipinski definition) is 2. The first kappa shape index (κ1) is 16.2. The van der Waals surface area contributed by atoms with Gasteiger partial charge in [-0.1, -0.05) is 19.3 Å². The van der Waals surface area contributed by atoms with Gasteiger partial charge in [0, 0.05) is 29.6 Å². The maximum absolute atomic E-state index is 12.4. The highest BCUT2D eigenvalue weighted by Crippen LogP contribution is 2.38. The van der Waals surface area contributed by atoms with E-state index in [1.807, 2.05) is 43.9 Å². The molecule has 1 aromatic rings. The zero-order chi connectivity index (χ0) is 15.3. The molecule has 3 nitrogen and oxygen atoms in total. The number of nitrogens with one attached hydrogen (secondary N) is 2. The molecule has 0 aliphatic heterocycles. The number of carbonyl (C=O) groups excluding carboxylic acids is 1. The number of hydrogen-bond acceptors (Lipinski definition) is 3. The summed E-state index contributed by atoms with van der Waals surface area (Å²) in [7, 11) is 1.89. The van der Waals surface area contributed by atoms with Crippen LogP contribution in [0.2, 0.25) is 0 Å². The van der Waals surface area contributed by atoms with Crippen molar-refractivity contribution in [1.29, 1.82) is 0 Å². The molecule has 0 spiro atoms. The lowest BCUT2D eigenvalue weighted by Crippen LogP contribution is -2.41. The van der Waals surface area contributed by atoms with E-state index in [4.69, 9.17) is 0 Å². The van der Waals surface area contributed by atoms with E-state index in [0.29, 0.717) is 0 Å². The van der Waals surface area contributed by atoms with Crippen LogP contribution in [-0.4, -0.2) is 30.5 Å². The first-order chi connectivity index (χ1) is 10.1. The summed E-state index contributed by atoms with van der Waals surface area (Å²) in [6.07, 6.45) is 8.50. The predicted molar refractivity (Wildman–Crippen MR) is 92.4 cm³/mol. The second kappa shape index (κ2) is 7.21. The molecule has 2 N–H and O–H groups in total. The molecule has 1 fully saturated rings. The summed E-state index contributed by atoms with van der Waals surface area (Å²) in [4.78, 5) is 12.4. The topological polar surface area (TPSA) is 41.1 Å². The molecule has 1 aliphatic rings. The molecule has 116 valence electrons. The van der Waals surface area contributed by atoms with Crippen molar-refractivity contribution in [1.82, 2.24) is 5.32 Å². The van der Waals surface area contributed by atoms with Gasteiger partial charge in [0.1, 0.15) is 0 Å². The van der Waals surface area contributed by atoms with E-state index in [1.54, 1.807) is 0 Å². The molecular formula is C17H26N2OS. The van der Waals surface area contributed by atoms with Crippen LogP contribution in [0.25, 0.3) is 0 Å². The van der Waals surface area contributed by atoms with Crippen molar-refractivity contribution in [3.05, 3.63) is 29.3 Å². The predicted octanol–water partition coefficient (Wildman–Crippen LogP) is 3.83.